The van der Waals surface area contributed by atoms with Crippen LogP contribution < -0.4 is 14.9 Å². The summed E-state index contributed by atoms with van der Waals surface area (Å²) in [5, 5.41) is 5.43. The Labute approximate surface area is 213 Å². The molecule has 176 valence electrons. The first-order valence-corrected chi connectivity index (χ1v) is 11.6. The summed E-state index contributed by atoms with van der Waals surface area (Å²) in [5.74, 6) is 1.04. The van der Waals surface area contributed by atoms with Crippen LogP contribution in [0.4, 0.5) is 0 Å². The summed E-state index contributed by atoms with van der Waals surface area (Å²) in [6, 6.07) is 29.3. The topological polar surface area (TPSA) is 59.9 Å². The van der Waals surface area contributed by atoms with Gasteiger partial charge in [0, 0.05) is 15.6 Å². The van der Waals surface area contributed by atoms with E-state index in [1.807, 2.05) is 72.8 Å². The van der Waals surface area contributed by atoms with E-state index in [2.05, 4.69) is 10.5 Å². The number of carbonyl (C=O) groups is 1. The minimum absolute atomic E-state index is 0.319. The van der Waals surface area contributed by atoms with E-state index < -0.39 is 0 Å². The van der Waals surface area contributed by atoms with E-state index >= 15 is 0 Å². The summed E-state index contributed by atoms with van der Waals surface area (Å²) in [6.45, 7) is 0.837. The second-order valence-corrected chi connectivity index (χ2v) is 8.50. The number of halogens is 2. The van der Waals surface area contributed by atoms with Gasteiger partial charge in [-0.2, -0.15) is 5.10 Å². The van der Waals surface area contributed by atoms with Gasteiger partial charge in [-0.3, -0.25) is 4.79 Å². The van der Waals surface area contributed by atoms with Crippen LogP contribution in [0, 0.1) is 0 Å². The summed E-state index contributed by atoms with van der Waals surface area (Å²) in [6.07, 6.45) is 1.57. The summed E-state index contributed by atoms with van der Waals surface area (Å²) < 4.78 is 11.6. The van der Waals surface area contributed by atoms with Gasteiger partial charge in [-0.05, 0) is 77.4 Å². The summed E-state index contributed by atoms with van der Waals surface area (Å²) in [7, 11) is 0. The standard InChI is InChI=1S/C28H22Cl2N2O3/c29-24-10-4-20(5-11-24)18-34-26-14-8-23(9-15-26)28(33)32-31-17-22-2-1-3-27(16-22)35-19-21-6-12-25(30)13-7-21/h1-17H,18-19H2,(H,32,33)/b31-17+. The van der Waals surface area contributed by atoms with Gasteiger partial charge in [0.2, 0.25) is 0 Å². The van der Waals surface area contributed by atoms with E-state index in [4.69, 9.17) is 32.7 Å². The first-order chi connectivity index (χ1) is 17.0. The average Bonchev–Trinajstić information content (AvgIpc) is 2.88. The molecule has 0 radical (unpaired) electrons. The lowest BCUT2D eigenvalue weighted by atomic mass is 10.2. The Morgan fingerprint density at radius 1 is 0.743 bits per heavy atom. The Balaban J connectivity index is 1.26. The highest BCUT2D eigenvalue weighted by atomic mass is 35.5. The average molecular weight is 505 g/mol. The largest absolute Gasteiger partial charge is 0.489 e. The van der Waals surface area contributed by atoms with E-state index in [0.717, 1.165) is 16.7 Å². The molecule has 4 rings (SSSR count). The van der Waals surface area contributed by atoms with Gasteiger partial charge in [0.1, 0.15) is 24.7 Å². The quantitative estimate of drug-likeness (QED) is 0.199. The fraction of sp³-hybridized carbons (Fsp3) is 0.0714. The third-order valence-corrected chi connectivity index (χ3v) is 5.50. The molecule has 35 heavy (non-hydrogen) atoms. The number of carbonyl (C=O) groups excluding carboxylic acids is 1. The lowest BCUT2D eigenvalue weighted by molar-refractivity contribution is 0.0955. The minimum atomic E-state index is -0.319. The first kappa shape index (κ1) is 24.3. The van der Waals surface area contributed by atoms with Gasteiger partial charge in [-0.15, -0.1) is 0 Å². The number of nitrogens with zero attached hydrogens (tertiary/aromatic N) is 1. The summed E-state index contributed by atoms with van der Waals surface area (Å²) >= 11 is 11.8. The van der Waals surface area contributed by atoms with Crippen LogP contribution in [0.1, 0.15) is 27.0 Å². The number of hydrogen-bond acceptors (Lipinski definition) is 4. The normalized spacial score (nSPS) is 10.8. The van der Waals surface area contributed by atoms with Crippen molar-refractivity contribution >= 4 is 35.3 Å². The summed E-state index contributed by atoms with van der Waals surface area (Å²) in [5.41, 5.74) is 5.83. The Morgan fingerprint density at radius 2 is 1.31 bits per heavy atom. The molecular formula is C28H22Cl2N2O3. The Hall–Kier alpha value is -3.80. The maximum Gasteiger partial charge on any atom is 0.271 e. The van der Waals surface area contributed by atoms with Crippen LogP contribution in [0.25, 0.3) is 0 Å². The maximum absolute atomic E-state index is 12.4. The van der Waals surface area contributed by atoms with Gasteiger partial charge in [-0.1, -0.05) is 59.6 Å². The fourth-order valence-electron chi connectivity index (χ4n) is 3.11. The Bertz CT molecular complexity index is 1290. The molecule has 0 saturated heterocycles. The second kappa shape index (κ2) is 12.1. The van der Waals surface area contributed by atoms with Crippen molar-refractivity contribution in [1.29, 1.82) is 0 Å². The number of ether oxygens (including phenoxy) is 2. The van der Waals surface area contributed by atoms with Crippen LogP contribution in [0.5, 0.6) is 11.5 Å². The molecule has 0 spiro atoms. The SMILES string of the molecule is O=C(N/N=C/c1cccc(OCc2ccc(Cl)cc2)c1)c1ccc(OCc2ccc(Cl)cc2)cc1. The number of hydrazone groups is 1. The molecule has 0 aromatic heterocycles. The van der Waals surface area contributed by atoms with E-state index in [9.17, 15) is 4.79 Å². The maximum atomic E-state index is 12.4. The molecule has 0 aliphatic rings. The summed E-state index contributed by atoms with van der Waals surface area (Å²) in [4.78, 5) is 12.4. The molecule has 0 aliphatic heterocycles. The Morgan fingerprint density at radius 3 is 1.91 bits per heavy atom. The van der Waals surface area contributed by atoms with Crippen molar-refractivity contribution in [3.63, 3.8) is 0 Å². The van der Waals surface area contributed by atoms with E-state index in [1.54, 1.807) is 30.5 Å². The van der Waals surface area contributed by atoms with Crippen LogP contribution in [-0.2, 0) is 13.2 Å². The highest BCUT2D eigenvalue weighted by Gasteiger charge is 2.05. The number of amides is 1. The van der Waals surface area contributed by atoms with Crippen LogP contribution in [0.15, 0.2) is 102 Å². The van der Waals surface area contributed by atoms with Gasteiger partial charge in [0.05, 0.1) is 6.21 Å². The zero-order valence-electron chi connectivity index (χ0n) is 18.7. The van der Waals surface area contributed by atoms with Crippen LogP contribution in [0.2, 0.25) is 10.0 Å². The molecular weight excluding hydrogens is 483 g/mol. The molecule has 5 nitrogen and oxygen atoms in total. The van der Waals surface area contributed by atoms with Crippen molar-refractivity contribution in [1.82, 2.24) is 5.43 Å². The third kappa shape index (κ3) is 7.60. The molecule has 4 aromatic rings. The third-order valence-electron chi connectivity index (χ3n) is 4.99. The van der Waals surface area contributed by atoms with E-state index in [0.29, 0.717) is 40.3 Å². The molecule has 0 heterocycles. The predicted molar refractivity (Wildman–Crippen MR) is 140 cm³/mol. The molecule has 0 atom stereocenters. The number of nitrogens with one attached hydrogen (secondary N) is 1. The minimum Gasteiger partial charge on any atom is -0.489 e. The molecule has 0 fully saturated rings. The molecule has 7 heteroatoms. The van der Waals surface area contributed by atoms with Gasteiger partial charge in [0.15, 0.2) is 0 Å². The fourth-order valence-corrected chi connectivity index (χ4v) is 3.36. The highest BCUT2D eigenvalue weighted by molar-refractivity contribution is 6.30. The lowest BCUT2D eigenvalue weighted by Crippen LogP contribution is -2.17. The number of benzene rings is 4. The Kier molecular flexibility index (Phi) is 8.39. The zero-order chi connectivity index (χ0) is 24.5. The van der Waals surface area contributed by atoms with E-state index in [-0.39, 0.29) is 5.91 Å². The van der Waals surface area contributed by atoms with Crippen LogP contribution >= 0.6 is 23.2 Å². The van der Waals surface area contributed by atoms with Gasteiger partial charge >= 0.3 is 0 Å². The van der Waals surface area contributed by atoms with Gasteiger partial charge in [-0.25, -0.2) is 5.43 Å². The number of rotatable bonds is 9. The molecule has 0 unspecified atom stereocenters. The zero-order valence-corrected chi connectivity index (χ0v) is 20.2. The predicted octanol–water partition coefficient (Wildman–Crippen LogP) is 6.92. The van der Waals surface area contributed by atoms with Crippen molar-refractivity contribution in [3.05, 3.63) is 129 Å². The van der Waals surface area contributed by atoms with E-state index in [1.165, 1.54) is 0 Å². The van der Waals surface area contributed by atoms with Crippen LogP contribution in [-0.4, -0.2) is 12.1 Å². The van der Waals surface area contributed by atoms with Gasteiger partial charge < -0.3 is 9.47 Å². The monoisotopic (exact) mass is 504 g/mol. The van der Waals surface area contributed by atoms with Crippen LogP contribution in [0.3, 0.4) is 0 Å². The van der Waals surface area contributed by atoms with Gasteiger partial charge in [0.25, 0.3) is 5.91 Å². The molecule has 1 amide bonds. The smallest absolute Gasteiger partial charge is 0.271 e. The molecule has 0 bridgehead atoms. The number of hydrogen-bond donors (Lipinski definition) is 1. The van der Waals surface area contributed by atoms with Crippen molar-refractivity contribution in [2.75, 3.05) is 0 Å². The van der Waals surface area contributed by atoms with Crippen molar-refractivity contribution < 1.29 is 14.3 Å². The molecule has 0 saturated carbocycles. The lowest BCUT2D eigenvalue weighted by Gasteiger charge is -2.07. The highest BCUT2D eigenvalue weighted by Crippen LogP contribution is 2.17. The van der Waals surface area contributed by atoms with Crippen molar-refractivity contribution in [2.24, 2.45) is 5.10 Å². The van der Waals surface area contributed by atoms with Crippen molar-refractivity contribution in [2.45, 2.75) is 13.2 Å². The first-order valence-electron chi connectivity index (χ1n) is 10.8. The van der Waals surface area contributed by atoms with Crippen molar-refractivity contribution in [3.8, 4) is 11.5 Å². The molecule has 0 aliphatic carbocycles. The molecule has 1 N–H and O–H groups in total. The molecule has 4 aromatic carbocycles. The second-order valence-electron chi connectivity index (χ2n) is 7.63.